The third-order valence-corrected chi connectivity index (χ3v) is 4.39. The van der Waals surface area contributed by atoms with E-state index in [1.54, 1.807) is 32.0 Å². The Bertz CT molecular complexity index is 1010. The molecule has 0 spiro atoms. The second kappa shape index (κ2) is 7.45. The average Bonchev–Trinajstić information content (AvgIpc) is 3.27. The smallest absolute Gasteiger partial charge is 0.338 e. The quantitative estimate of drug-likeness (QED) is 0.534. The van der Waals surface area contributed by atoms with Crippen molar-refractivity contribution < 1.29 is 19.1 Å². The van der Waals surface area contributed by atoms with E-state index < -0.39 is 12.6 Å². The van der Waals surface area contributed by atoms with Gasteiger partial charge in [-0.15, -0.1) is 0 Å². The molecule has 0 saturated heterocycles. The van der Waals surface area contributed by atoms with Crippen LogP contribution in [0.4, 0.5) is 0 Å². The number of nitrogens with one attached hydrogen (secondary N) is 1. The molecule has 6 nitrogen and oxygen atoms in total. The molecule has 0 bridgehead atoms. The summed E-state index contributed by atoms with van der Waals surface area (Å²) in [5.74, 6) is -1.07. The first-order valence-corrected chi connectivity index (χ1v) is 8.52. The topological polar surface area (TPSA) is 81.2 Å². The maximum Gasteiger partial charge on any atom is 0.338 e. The number of rotatable bonds is 6. The zero-order chi connectivity index (χ0) is 19.6. The Morgan fingerprint density at radius 3 is 2.41 bits per heavy atom. The number of ketones is 2. The number of ether oxygens (including phenoxy) is 1. The van der Waals surface area contributed by atoms with Crippen LogP contribution in [0.25, 0.3) is 5.69 Å². The van der Waals surface area contributed by atoms with Gasteiger partial charge in [-0.1, -0.05) is 6.07 Å². The number of aryl methyl sites for hydroxylation is 1. The van der Waals surface area contributed by atoms with Gasteiger partial charge in [-0.25, -0.2) is 4.79 Å². The third-order valence-electron chi connectivity index (χ3n) is 4.39. The minimum absolute atomic E-state index is 0.112. The number of hydrogen-bond acceptors (Lipinski definition) is 4. The Kier molecular flexibility index (Phi) is 5.07. The third kappa shape index (κ3) is 3.74. The van der Waals surface area contributed by atoms with Crippen LogP contribution in [0.3, 0.4) is 0 Å². The molecule has 27 heavy (non-hydrogen) atoms. The van der Waals surface area contributed by atoms with Gasteiger partial charge < -0.3 is 14.3 Å². The average molecular weight is 364 g/mol. The van der Waals surface area contributed by atoms with E-state index in [0.717, 1.165) is 5.69 Å². The lowest BCUT2D eigenvalue weighted by atomic mass is 10.1. The highest BCUT2D eigenvalue weighted by molar-refractivity contribution is 6.04. The fraction of sp³-hybridized carbons (Fsp3) is 0.190. The Balaban J connectivity index is 1.71. The van der Waals surface area contributed by atoms with Gasteiger partial charge in [-0.3, -0.25) is 9.59 Å². The number of carbonyl (C=O) groups excluding carboxylic acids is 3. The normalized spacial score (nSPS) is 10.6. The number of hydrogen-bond donors (Lipinski definition) is 1. The van der Waals surface area contributed by atoms with Gasteiger partial charge in [0.15, 0.2) is 12.4 Å². The zero-order valence-electron chi connectivity index (χ0n) is 15.4. The Morgan fingerprint density at radius 1 is 1.07 bits per heavy atom. The predicted molar refractivity (Wildman–Crippen MR) is 101 cm³/mol. The van der Waals surface area contributed by atoms with Crippen molar-refractivity contribution in [1.29, 1.82) is 0 Å². The lowest BCUT2D eigenvalue weighted by Gasteiger charge is -2.07. The summed E-state index contributed by atoms with van der Waals surface area (Å²) in [6.45, 7) is 4.50. The fourth-order valence-electron chi connectivity index (χ4n) is 3.14. The summed E-state index contributed by atoms with van der Waals surface area (Å²) >= 11 is 0. The lowest BCUT2D eigenvalue weighted by molar-refractivity contribution is 0.0473. The molecule has 0 aliphatic rings. The van der Waals surface area contributed by atoms with E-state index in [0.29, 0.717) is 28.1 Å². The zero-order valence-corrected chi connectivity index (χ0v) is 15.4. The van der Waals surface area contributed by atoms with Crippen molar-refractivity contribution in [1.82, 2.24) is 9.55 Å². The Hall–Kier alpha value is -3.41. The summed E-state index contributed by atoms with van der Waals surface area (Å²) < 4.78 is 7.05. The standard InChI is InChI=1S/C21H20N2O4/c1-13-19(15(3)24)14(2)22-20(13)18(25)12-27-21(26)16-7-6-8-17(11-16)23-9-4-5-10-23/h4-11,22H,12H2,1-3H3. The van der Waals surface area contributed by atoms with Gasteiger partial charge >= 0.3 is 5.97 Å². The van der Waals surface area contributed by atoms with E-state index in [9.17, 15) is 14.4 Å². The van der Waals surface area contributed by atoms with Crippen LogP contribution in [0, 0.1) is 13.8 Å². The number of Topliss-reactive ketones (excluding diaryl/α,β-unsaturated/α-hetero) is 2. The van der Waals surface area contributed by atoms with Crippen LogP contribution in [-0.2, 0) is 4.74 Å². The maximum absolute atomic E-state index is 12.4. The predicted octanol–water partition coefficient (Wildman–Crippen LogP) is 3.66. The summed E-state index contributed by atoms with van der Waals surface area (Å²) in [5, 5.41) is 0. The van der Waals surface area contributed by atoms with Crippen LogP contribution in [0.15, 0.2) is 48.8 Å². The van der Waals surface area contributed by atoms with Crippen molar-refractivity contribution in [2.75, 3.05) is 6.61 Å². The summed E-state index contributed by atoms with van der Waals surface area (Å²) in [6.07, 6.45) is 3.74. The van der Waals surface area contributed by atoms with Crippen LogP contribution in [0.1, 0.15) is 49.4 Å². The molecule has 2 heterocycles. The molecular weight excluding hydrogens is 344 g/mol. The molecule has 0 fully saturated rings. The number of carbonyl (C=O) groups is 3. The molecule has 0 aliphatic heterocycles. The van der Waals surface area contributed by atoms with Crippen molar-refractivity contribution in [2.45, 2.75) is 20.8 Å². The molecule has 138 valence electrons. The first kappa shape index (κ1) is 18.4. The van der Waals surface area contributed by atoms with Crippen LogP contribution in [-0.4, -0.2) is 33.7 Å². The molecule has 0 amide bonds. The maximum atomic E-state index is 12.4. The highest BCUT2D eigenvalue weighted by Gasteiger charge is 2.21. The first-order valence-electron chi connectivity index (χ1n) is 8.52. The number of nitrogens with zero attached hydrogens (tertiary/aromatic N) is 1. The van der Waals surface area contributed by atoms with Gasteiger partial charge in [-0.05, 0) is 56.7 Å². The van der Waals surface area contributed by atoms with E-state index >= 15 is 0 Å². The van der Waals surface area contributed by atoms with E-state index in [1.807, 2.05) is 35.2 Å². The molecule has 3 rings (SSSR count). The molecule has 6 heteroatoms. The molecule has 3 aromatic rings. The van der Waals surface area contributed by atoms with Crippen LogP contribution in [0.2, 0.25) is 0 Å². The molecule has 0 unspecified atom stereocenters. The van der Waals surface area contributed by atoms with Crippen molar-refractivity contribution in [3.8, 4) is 5.69 Å². The van der Waals surface area contributed by atoms with Crippen molar-refractivity contribution in [3.63, 3.8) is 0 Å². The molecule has 0 aliphatic carbocycles. The van der Waals surface area contributed by atoms with Gasteiger partial charge in [0.05, 0.1) is 11.3 Å². The Morgan fingerprint density at radius 2 is 1.78 bits per heavy atom. The van der Waals surface area contributed by atoms with Crippen LogP contribution < -0.4 is 0 Å². The number of esters is 1. The SMILES string of the molecule is CC(=O)c1c(C)[nH]c(C(=O)COC(=O)c2cccc(-n3cccc3)c2)c1C. The Labute approximate surface area is 156 Å². The van der Waals surface area contributed by atoms with Crippen LogP contribution in [0.5, 0.6) is 0 Å². The number of aromatic nitrogens is 2. The molecule has 2 aromatic heterocycles. The van der Waals surface area contributed by atoms with E-state index in [2.05, 4.69) is 4.98 Å². The second-order valence-electron chi connectivity index (χ2n) is 6.32. The summed E-state index contributed by atoms with van der Waals surface area (Å²) in [7, 11) is 0. The number of benzene rings is 1. The van der Waals surface area contributed by atoms with Gasteiger partial charge in [0.2, 0.25) is 5.78 Å². The van der Waals surface area contributed by atoms with E-state index in [1.165, 1.54) is 6.92 Å². The monoisotopic (exact) mass is 364 g/mol. The minimum Gasteiger partial charge on any atom is -0.454 e. The van der Waals surface area contributed by atoms with Gasteiger partial charge in [0.1, 0.15) is 0 Å². The van der Waals surface area contributed by atoms with Crippen molar-refractivity contribution in [2.24, 2.45) is 0 Å². The van der Waals surface area contributed by atoms with Crippen molar-refractivity contribution >= 4 is 17.5 Å². The summed E-state index contributed by atoms with van der Waals surface area (Å²) in [5.41, 5.74) is 3.20. The number of aromatic amines is 1. The lowest BCUT2D eigenvalue weighted by Crippen LogP contribution is -2.15. The van der Waals surface area contributed by atoms with Gasteiger partial charge in [0, 0.05) is 29.3 Å². The summed E-state index contributed by atoms with van der Waals surface area (Å²) in [6, 6.07) is 10.7. The highest BCUT2D eigenvalue weighted by atomic mass is 16.5. The van der Waals surface area contributed by atoms with Crippen LogP contribution >= 0.6 is 0 Å². The van der Waals surface area contributed by atoms with Crippen molar-refractivity contribution in [3.05, 3.63) is 76.9 Å². The van der Waals surface area contributed by atoms with E-state index in [4.69, 9.17) is 4.74 Å². The summed E-state index contributed by atoms with van der Waals surface area (Å²) in [4.78, 5) is 39.3. The largest absolute Gasteiger partial charge is 0.454 e. The number of H-pyrrole nitrogens is 1. The molecule has 0 saturated carbocycles. The highest BCUT2D eigenvalue weighted by Crippen LogP contribution is 2.19. The van der Waals surface area contributed by atoms with E-state index in [-0.39, 0.29) is 11.6 Å². The van der Waals surface area contributed by atoms with Gasteiger partial charge in [-0.2, -0.15) is 0 Å². The molecule has 0 radical (unpaired) electrons. The molecule has 0 atom stereocenters. The second-order valence-corrected chi connectivity index (χ2v) is 6.32. The molecular formula is C21H20N2O4. The molecule has 1 N–H and O–H groups in total. The van der Waals surface area contributed by atoms with Gasteiger partial charge in [0.25, 0.3) is 0 Å². The first-order chi connectivity index (χ1) is 12.9. The minimum atomic E-state index is -0.579. The fourth-order valence-corrected chi connectivity index (χ4v) is 3.14. The molecule has 1 aromatic carbocycles.